The van der Waals surface area contributed by atoms with Crippen molar-refractivity contribution in [3.63, 3.8) is 0 Å². The van der Waals surface area contributed by atoms with Gasteiger partial charge >= 0.3 is 0 Å². The highest BCUT2D eigenvalue weighted by Crippen LogP contribution is 2.45. The standard InChI is InChI=1S/3C43H27N3/c1-44-33-19-21-35(22-20-33)46-40-15-9-8-14-36(40)37-23-16-32(28-43(37)46)31-18-25-42-39(27-31)38-26-30(29-10-4-2-5-11-29)17-24-41(38)45(42)34-12-6-3-7-13-34;44-28-29-14-22-35(23-15-29)46-41-13-7-5-11-37(41)39-27-33(21-25-43(39)46)31-18-16-30(17-19-31)32-20-24-42-38(26-32)36-10-4-6-12-40(36)45(42)34-8-2-1-3-9-34;44-28-29-14-16-30(17-15-29)31-18-22-35(23-19-31)46-41-13-7-5-11-37(41)39-27-33(21-25-43(39)46)32-20-24-42-38(26-32)36-10-4-6-12-40(36)45(42)34-8-2-1-3-9-34/h2-28H;2*1-27H. The first-order valence-electron chi connectivity index (χ1n) is 46.5. The lowest BCUT2D eigenvalue weighted by molar-refractivity contribution is 1.18. The fourth-order valence-corrected chi connectivity index (χ4v) is 20.9. The van der Waals surface area contributed by atoms with Crippen LogP contribution in [0, 0.1) is 29.2 Å². The molecule has 0 saturated carbocycles. The largest absolute Gasteiger partial charge is 0.309 e. The van der Waals surface area contributed by atoms with Crippen LogP contribution in [0.1, 0.15) is 11.1 Å². The van der Waals surface area contributed by atoms with Crippen molar-refractivity contribution in [3.8, 4) is 113 Å². The second-order valence-corrected chi connectivity index (χ2v) is 35.2. The number of hydrogen-bond donors (Lipinski definition) is 0. The van der Waals surface area contributed by atoms with Crippen molar-refractivity contribution in [2.75, 3.05) is 0 Å². The molecular weight excluding hydrogens is 1680 g/mol. The Labute approximate surface area is 795 Å². The van der Waals surface area contributed by atoms with Gasteiger partial charge in [0.1, 0.15) is 0 Å². The highest BCUT2D eigenvalue weighted by atomic mass is 15.0. The number of benzene rings is 21. The summed E-state index contributed by atoms with van der Waals surface area (Å²) in [4.78, 5) is 3.60. The molecule has 0 N–H and O–H groups in total. The highest BCUT2D eigenvalue weighted by Gasteiger charge is 2.23. The maximum atomic E-state index is 9.29. The molecule has 0 radical (unpaired) electrons. The second-order valence-electron chi connectivity index (χ2n) is 35.2. The molecule has 21 aromatic carbocycles. The van der Waals surface area contributed by atoms with Gasteiger partial charge in [0.25, 0.3) is 0 Å². The van der Waals surface area contributed by atoms with Gasteiger partial charge in [-0.2, -0.15) is 10.5 Å². The molecule has 27 aromatic rings. The topological polar surface area (TPSA) is 81.5 Å². The van der Waals surface area contributed by atoms with E-state index in [1.807, 2.05) is 72.8 Å². The van der Waals surface area contributed by atoms with Gasteiger partial charge in [-0.3, -0.25) is 0 Å². The van der Waals surface area contributed by atoms with Gasteiger partial charge in [0.2, 0.25) is 0 Å². The van der Waals surface area contributed by atoms with Gasteiger partial charge in [0, 0.05) is 98.8 Å². The Balaban J connectivity index is 0.000000110. The van der Waals surface area contributed by atoms with Crippen LogP contribution in [0.2, 0.25) is 0 Å². The van der Waals surface area contributed by atoms with E-state index in [4.69, 9.17) is 11.8 Å². The third-order valence-electron chi connectivity index (χ3n) is 27.5. The normalized spacial score (nSPS) is 11.5. The third-order valence-corrected chi connectivity index (χ3v) is 27.5. The van der Waals surface area contributed by atoms with Crippen molar-refractivity contribution < 1.29 is 0 Å². The Morgan fingerprint density at radius 3 is 0.659 bits per heavy atom. The smallest absolute Gasteiger partial charge is 0.187 e. The van der Waals surface area contributed by atoms with Crippen molar-refractivity contribution in [2.24, 2.45) is 0 Å². The zero-order valence-corrected chi connectivity index (χ0v) is 74.8. The van der Waals surface area contributed by atoms with E-state index in [0.29, 0.717) is 16.8 Å². The van der Waals surface area contributed by atoms with Crippen LogP contribution in [0.15, 0.2) is 491 Å². The molecule has 0 bridgehead atoms. The Hall–Kier alpha value is -19.1. The molecule has 642 valence electrons. The van der Waals surface area contributed by atoms with Crippen LogP contribution in [0.4, 0.5) is 5.69 Å². The van der Waals surface area contributed by atoms with Gasteiger partial charge in [0.05, 0.1) is 96.0 Å². The fraction of sp³-hybridized carbons (Fsp3) is 0. The van der Waals surface area contributed by atoms with E-state index in [0.717, 1.165) is 61.5 Å². The van der Waals surface area contributed by atoms with Crippen LogP contribution in [-0.2, 0) is 0 Å². The molecule has 9 heteroatoms. The first-order valence-corrected chi connectivity index (χ1v) is 46.5. The number of aromatic nitrogens is 6. The molecule has 27 rings (SSSR count). The Bertz CT molecular complexity index is 9610. The summed E-state index contributed by atoms with van der Waals surface area (Å²) in [6, 6.07) is 179. The van der Waals surface area contributed by atoms with E-state index in [-0.39, 0.29) is 0 Å². The minimum atomic E-state index is 0.642. The first kappa shape index (κ1) is 80.9. The van der Waals surface area contributed by atoms with Gasteiger partial charge in [0.15, 0.2) is 5.69 Å². The van der Waals surface area contributed by atoms with E-state index in [2.05, 4.69) is 463 Å². The summed E-state index contributed by atoms with van der Waals surface area (Å²) < 4.78 is 14.0. The monoisotopic (exact) mass is 1760 g/mol. The summed E-state index contributed by atoms with van der Waals surface area (Å²) in [7, 11) is 0. The lowest BCUT2D eigenvalue weighted by Gasteiger charge is -2.10. The Morgan fingerprint density at radius 1 is 0.152 bits per heavy atom. The molecule has 6 aromatic heterocycles. The molecule has 0 fully saturated rings. The predicted molar refractivity (Wildman–Crippen MR) is 574 cm³/mol. The summed E-state index contributed by atoms with van der Waals surface area (Å²) in [5.41, 5.74) is 37.0. The van der Waals surface area contributed by atoms with Gasteiger partial charge in [-0.05, 0) is 273 Å². The molecule has 0 atom stereocenters. The van der Waals surface area contributed by atoms with E-state index in [9.17, 15) is 5.26 Å². The highest BCUT2D eigenvalue weighted by molar-refractivity contribution is 6.17. The number of hydrogen-bond acceptors (Lipinski definition) is 2. The zero-order valence-electron chi connectivity index (χ0n) is 74.8. The second kappa shape index (κ2) is 33.9. The van der Waals surface area contributed by atoms with Crippen LogP contribution in [0.3, 0.4) is 0 Å². The molecule has 0 aliphatic rings. The van der Waals surface area contributed by atoms with Gasteiger partial charge in [-0.1, -0.05) is 285 Å². The Morgan fingerprint density at radius 2 is 0.341 bits per heavy atom. The molecule has 0 amide bonds. The fourth-order valence-electron chi connectivity index (χ4n) is 20.9. The van der Waals surface area contributed by atoms with Gasteiger partial charge in [-0.25, -0.2) is 4.85 Å². The minimum Gasteiger partial charge on any atom is -0.309 e. The van der Waals surface area contributed by atoms with Crippen molar-refractivity contribution in [3.05, 3.63) is 514 Å². The van der Waals surface area contributed by atoms with Crippen LogP contribution < -0.4 is 0 Å². The summed E-state index contributed by atoms with van der Waals surface area (Å²) in [6.45, 7) is 7.40. The number of para-hydroxylation sites is 8. The van der Waals surface area contributed by atoms with Crippen molar-refractivity contribution in [1.82, 2.24) is 27.4 Å². The van der Waals surface area contributed by atoms with Crippen LogP contribution in [0.5, 0.6) is 0 Å². The Kier molecular flexibility index (Phi) is 19.9. The number of nitriles is 2. The van der Waals surface area contributed by atoms with Crippen molar-refractivity contribution in [1.29, 1.82) is 10.5 Å². The third kappa shape index (κ3) is 14.0. The number of rotatable bonds is 12. The van der Waals surface area contributed by atoms with E-state index >= 15 is 0 Å². The number of nitrogens with zero attached hydrogens (tertiary/aromatic N) is 9. The van der Waals surface area contributed by atoms with Crippen molar-refractivity contribution >= 4 is 137 Å². The maximum Gasteiger partial charge on any atom is 0.187 e. The zero-order chi connectivity index (χ0) is 91.8. The summed E-state index contributed by atoms with van der Waals surface area (Å²) in [6.07, 6.45) is 0. The molecule has 138 heavy (non-hydrogen) atoms. The molecular formula is C129H81N9. The van der Waals surface area contributed by atoms with E-state index < -0.39 is 0 Å². The van der Waals surface area contributed by atoms with Crippen LogP contribution in [-0.4, -0.2) is 27.4 Å². The van der Waals surface area contributed by atoms with Crippen molar-refractivity contribution in [2.45, 2.75) is 0 Å². The average molecular weight is 1760 g/mol. The van der Waals surface area contributed by atoms with Crippen LogP contribution in [0.25, 0.3) is 237 Å². The molecule has 0 aliphatic carbocycles. The molecule has 0 spiro atoms. The minimum absolute atomic E-state index is 0.642. The lowest BCUT2D eigenvalue weighted by atomic mass is 9.98. The average Bonchev–Trinajstić information content (AvgIpc) is 1.58. The molecule has 0 unspecified atom stereocenters. The number of fused-ring (bicyclic) bond motifs is 18. The maximum absolute atomic E-state index is 9.29. The molecule has 9 nitrogen and oxygen atoms in total. The predicted octanol–water partition coefficient (Wildman–Crippen LogP) is 33.9. The lowest BCUT2D eigenvalue weighted by Crippen LogP contribution is -1.94. The van der Waals surface area contributed by atoms with E-state index in [1.165, 1.54) is 170 Å². The SMILES string of the molecule is N#Cc1ccc(-c2ccc(-n3c4ccccc4c4cc(-c5ccc6c(c5)c5ccccc5n6-c5ccccc5)ccc43)cc2)cc1.N#Cc1ccc(-n2c3ccccc3c3cc(-c4ccc(-c5ccc6c(c5)c5ccccc5n6-c5ccccc5)cc4)ccc32)cc1.[C-]#[N+]c1ccc(-n2c3ccccc3c3ccc(-c4ccc5c(c4)c4cc(-c6ccccc6)ccc4n5-c4ccccc4)cc32)cc1. The molecule has 0 saturated heterocycles. The van der Waals surface area contributed by atoms with Gasteiger partial charge in [-0.15, -0.1) is 0 Å². The summed E-state index contributed by atoms with van der Waals surface area (Å²) in [5, 5.41) is 33.2. The first-order chi connectivity index (χ1) is 68.3. The van der Waals surface area contributed by atoms with E-state index in [1.54, 1.807) is 0 Å². The van der Waals surface area contributed by atoms with Gasteiger partial charge < -0.3 is 27.4 Å². The van der Waals surface area contributed by atoms with Crippen LogP contribution >= 0.6 is 0 Å². The summed E-state index contributed by atoms with van der Waals surface area (Å²) in [5.74, 6) is 0. The quantitative estimate of drug-likeness (QED) is 0.114. The summed E-state index contributed by atoms with van der Waals surface area (Å²) >= 11 is 0. The molecule has 6 heterocycles. The molecule has 0 aliphatic heterocycles.